The van der Waals surface area contributed by atoms with Gasteiger partial charge in [0.2, 0.25) is 0 Å². The smallest absolute Gasteiger partial charge is 0.283 e. The highest BCUT2D eigenvalue weighted by molar-refractivity contribution is 7.17. The van der Waals surface area contributed by atoms with E-state index in [1.165, 1.54) is 23.7 Å². The molecule has 4 aromatic rings. The Hall–Kier alpha value is -3.13. The first-order valence-corrected chi connectivity index (χ1v) is 8.46. The maximum atomic E-state index is 13.8. The molecule has 26 heavy (non-hydrogen) atoms. The molecule has 130 valence electrons. The van der Waals surface area contributed by atoms with Crippen LogP contribution >= 0.6 is 11.3 Å². The first-order chi connectivity index (χ1) is 12.5. The van der Waals surface area contributed by atoms with Gasteiger partial charge in [-0.2, -0.15) is 9.78 Å². The van der Waals surface area contributed by atoms with Crippen LogP contribution in [0.3, 0.4) is 0 Å². The molecule has 0 unspecified atom stereocenters. The van der Waals surface area contributed by atoms with Gasteiger partial charge in [0.05, 0.1) is 17.9 Å². The van der Waals surface area contributed by atoms with Crippen molar-refractivity contribution in [3.05, 3.63) is 75.4 Å². The van der Waals surface area contributed by atoms with E-state index < -0.39 is 11.6 Å². The number of benzene rings is 1. The van der Waals surface area contributed by atoms with Gasteiger partial charge in [0.15, 0.2) is 0 Å². The molecule has 0 fully saturated rings. The van der Waals surface area contributed by atoms with Crippen LogP contribution in [0.4, 0.5) is 8.78 Å². The Morgan fingerprint density at radius 2 is 2.15 bits per heavy atom. The molecule has 4 rings (SSSR count). The quantitative estimate of drug-likeness (QED) is 0.508. The van der Waals surface area contributed by atoms with E-state index in [1.54, 1.807) is 24.4 Å². The number of nitrogens with zero attached hydrogens (tertiary/aromatic N) is 3. The molecule has 0 amide bonds. The molecule has 0 N–H and O–H groups in total. The lowest BCUT2D eigenvalue weighted by Crippen LogP contribution is -2.20. The summed E-state index contributed by atoms with van der Waals surface area (Å²) < 4.78 is 33.2. The molecule has 1 aromatic carbocycles. The van der Waals surface area contributed by atoms with Crippen LogP contribution in [0, 0.1) is 18.6 Å². The standard InChI is InChI=1S/C18H11F2N3O2S/c1-10-22-17-16(13(9-26-17)15-3-2-6-25-15)18(24)23(10)21-8-11-4-5-12(19)7-14(11)20/h2-9H,1H3/b21-8+. The van der Waals surface area contributed by atoms with E-state index in [1.807, 2.05) is 0 Å². The molecule has 0 aliphatic heterocycles. The molecule has 0 bridgehead atoms. The Balaban J connectivity index is 1.86. The summed E-state index contributed by atoms with van der Waals surface area (Å²) in [5, 5.41) is 6.22. The van der Waals surface area contributed by atoms with Gasteiger partial charge in [-0.3, -0.25) is 4.79 Å². The van der Waals surface area contributed by atoms with Crippen LogP contribution < -0.4 is 5.56 Å². The molecule has 0 saturated carbocycles. The number of aryl methyl sites for hydroxylation is 1. The minimum absolute atomic E-state index is 0.0642. The van der Waals surface area contributed by atoms with Gasteiger partial charge in [-0.15, -0.1) is 11.3 Å². The van der Waals surface area contributed by atoms with Gasteiger partial charge in [-0.1, -0.05) is 0 Å². The lowest BCUT2D eigenvalue weighted by molar-refractivity contribution is 0.582. The Labute approximate surface area is 149 Å². The van der Waals surface area contributed by atoms with Crippen molar-refractivity contribution in [3.8, 4) is 11.3 Å². The largest absolute Gasteiger partial charge is 0.464 e. The zero-order chi connectivity index (χ0) is 18.3. The fourth-order valence-electron chi connectivity index (χ4n) is 2.56. The third kappa shape index (κ3) is 2.74. The fourth-order valence-corrected chi connectivity index (χ4v) is 3.52. The summed E-state index contributed by atoms with van der Waals surface area (Å²) in [6.45, 7) is 1.63. The average Bonchev–Trinajstić information content (AvgIpc) is 3.25. The summed E-state index contributed by atoms with van der Waals surface area (Å²) in [6.07, 6.45) is 2.68. The Morgan fingerprint density at radius 3 is 2.88 bits per heavy atom. The topological polar surface area (TPSA) is 60.4 Å². The Bertz CT molecular complexity index is 1190. The molecule has 8 heteroatoms. The number of rotatable bonds is 3. The van der Waals surface area contributed by atoms with Gasteiger partial charge in [0.1, 0.15) is 28.0 Å². The Kier molecular flexibility index (Phi) is 3.96. The van der Waals surface area contributed by atoms with Crippen molar-refractivity contribution in [1.82, 2.24) is 9.66 Å². The second kappa shape index (κ2) is 6.30. The van der Waals surface area contributed by atoms with Crippen LogP contribution in [0.2, 0.25) is 0 Å². The second-order valence-electron chi connectivity index (χ2n) is 5.49. The lowest BCUT2D eigenvalue weighted by atomic mass is 10.2. The van der Waals surface area contributed by atoms with Crippen LogP contribution in [0.5, 0.6) is 0 Å². The number of furan rings is 1. The third-order valence-electron chi connectivity index (χ3n) is 3.81. The molecule has 3 aromatic heterocycles. The first-order valence-electron chi connectivity index (χ1n) is 7.59. The van der Waals surface area contributed by atoms with E-state index in [2.05, 4.69) is 10.1 Å². The van der Waals surface area contributed by atoms with Crippen LogP contribution in [0.25, 0.3) is 21.5 Å². The van der Waals surface area contributed by atoms with Crippen molar-refractivity contribution in [2.24, 2.45) is 5.10 Å². The molecule has 3 heterocycles. The van der Waals surface area contributed by atoms with Gasteiger partial charge in [-0.05, 0) is 31.2 Å². The number of thiophene rings is 1. The predicted molar refractivity (Wildman–Crippen MR) is 95.7 cm³/mol. The monoisotopic (exact) mass is 371 g/mol. The SMILES string of the molecule is Cc1nc2scc(-c3ccco3)c2c(=O)n1/N=C/c1ccc(F)cc1F. The minimum Gasteiger partial charge on any atom is -0.464 e. The highest BCUT2D eigenvalue weighted by Crippen LogP contribution is 2.31. The normalized spacial score (nSPS) is 11.7. The highest BCUT2D eigenvalue weighted by atomic mass is 32.1. The molecule has 5 nitrogen and oxygen atoms in total. The van der Waals surface area contributed by atoms with Crippen molar-refractivity contribution in [2.75, 3.05) is 0 Å². The van der Waals surface area contributed by atoms with Crippen molar-refractivity contribution < 1.29 is 13.2 Å². The fraction of sp³-hybridized carbons (Fsp3) is 0.0556. The molecule has 0 radical (unpaired) electrons. The van der Waals surface area contributed by atoms with Crippen molar-refractivity contribution in [1.29, 1.82) is 0 Å². The van der Waals surface area contributed by atoms with E-state index in [-0.39, 0.29) is 11.1 Å². The number of hydrogen-bond donors (Lipinski definition) is 0. The maximum Gasteiger partial charge on any atom is 0.283 e. The highest BCUT2D eigenvalue weighted by Gasteiger charge is 2.16. The Morgan fingerprint density at radius 1 is 1.31 bits per heavy atom. The van der Waals surface area contributed by atoms with Crippen LogP contribution in [0.1, 0.15) is 11.4 Å². The molecule has 0 aliphatic carbocycles. The van der Waals surface area contributed by atoms with E-state index >= 15 is 0 Å². The molecule has 0 spiro atoms. The number of aromatic nitrogens is 2. The van der Waals surface area contributed by atoms with Crippen molar-refractivity contribution in [2.45, 2.75) is 6.92 Å². The minimum atomic E-state index is -0.764. The van der Waals surface area contributed by atoms with Gasteiger partial charge in [0, 0.05) is 22.6 Å². The summed E-state index contributed by atoms with van der Waals surface area (Å²) in [5.41, 5.74) is 0.303. The molecule has 0 atom stereocenters. The van der Waals surface area contributed by atoms with Crippen LogP contribution in [0.15, 0.2) is 56.3 Å². The summed E-state index contributed by atoms with van der Waals surface area (Å²) in [6, 6.07) is 6.61. The number of halogens is 2. The van der Waals surface area contributed by atoms with E-state index in [9.17, 15) is 13.6 Å². The van der Waals surface area contributed by atoms with Crippen LogP contribution in [-0.4, -0.2) is 15.9 Å². The molecular weight excluding hydrogens is 360 g/mol. The lowest BCUT2D eigenvalue weighted by Gasteiger charge is -2.04. The van der Waals surface area contributed by atoms with E-state index in [0.717, 1.165) is 23.0 Å². The average molecular weight is 371 g/mol. The third-order valence-corrected chi connectivity index (χ3v) is 4.68. The van der Waals surface area contributed by atoms with Crippen LogP contribution in [-0.2, 0) is 0 Å². The number of fused-ring (bicyclic) bond motifs is 1. The van der Waals surface area contributed by atoms with E-state index in [0.29, 0.717) is 27.4 Å². The second-order valence-corrected chi connectivity index (χ2v) is 6.35. The predicted octanol–water partition coefficient (Wildman–Crippen LogP) is 4.19. The van der Waals surface area contributed by atoms with Gasteiger partial charge < -0.3 is 4.42 Å². The first kappa shape index (κ1) is 16.3. The molecule has 0 saturated heterocycles. The van der Waals surface area contributed by atoms with Gasteiger partial charge in [-0.25, -0.2) is 13.8 Å². The van der Waals surface area contributed by atoms with Crippen molar-refractivity contribution >= 4 is 27.8 Å². The molecule has 0 aliphatic rings. The maximum absolute atomic E-state index is 13.8. The van der Waals surface area contributed by atoms with Gasteiger partial charge >= 0.3 is 0 Å². The van der Waals surface area contributed by atoms with E-state index in [4.69, 9.17) is 4.42 Å². The summed E-state index contributed by atoms with van der Waals surface area (Å²) in [7, 11) is 0. The van der Waals surface area contributed by atoms with Crippen molar-refractivity contribution in [3.63, 3.8) is 0 Å². The summed E-state index contributed by atoms with van der Waals surface area (Å²) >= 11 is 1.33. The van der Waals surface area contributed by atoms with Gasteiger partial charge in [0.25, 0.3) is 5.56 Å². The zero-order valence-corrected chi connectivity index (χ0v) is 14.3. The molecular formula is C18H11F2N3O2S. The summed E-state index contributed by atoms with van der Waals surface area (Å²) in [5.74, 6) is -0.536. The summed E-state index contributed by atoms with van der Waals surface area (Å²) in [4.78, 5) is 17.9. The number of hydrogen-bond acceptors (Lipinski definition) is 5. The zero-order valence-electron chi connectivity index (χ0n) is 13.4.